The third kappa shape index (κ3) is 5.19. The normalized spacial score (nSPS) is 21.6. The van der Waals surface area contributed by atoms with Gasteiger partial charge in [-0.25, -0.2) is 4.68 Å². The number of hydrogen-bond acceptors (Lipinski definition) is 6. The monoisotopic (exact) mass is 550 g/mol. The molecule has 3 heterocycles. The van der Waals surface area contributed by atoms with Crippen LogP contribution >= 0.6 is 11.6 Å². The van der Waals surface area contributed by atoms with Gasteiger partial charge in [0.05, 0.1) is 35.8 Å². The molecule has 12 heteroatoms. The molecule has 2 fully saturated rings. The smallest absolute Gasteiger partial charge is 0.394 e. The maximum atomic E-state index is 13.8. The number of anilines is 1. The summed E-state index contributed by atoms with van der Waals surface area (Å²) in [6.07, 6.45) is -1.71. The Balaban J connectivity index is 1.40. The van der Waals surface area contributed by atoms with Gasteiger partial charge in [-0.15, -0.1) is 5.10 Å². The molecule has 0 spiro atoms. The fraction of sp³-hybridized carbons (Fsp3) is 0.500. The Labute approximate surface area is 223 Å². The molecule has 5 rings (SSSR count). The highest BCUT2D eigenvalue weighted by molar-refractivity contribution is 6.30. The number of carbonyl (C=O) groups is 1. The summed E-state index contributed by atoms with van der Waals surface area (Å²) in [6.45, 7) is 3.77. The van der Waals surface area contributed by atoms with Gasteiger partial charge in [0.25, 0.3) is 0 Å². The highest BCUT2D eigenvalue weighted by Gasteiger charge is 2.36. The molecule has 0 aliphatic carbocycles. The van der Waals surface area contributed by atoms with Gasteiger partial charge in [0.2, 0.25) is 5.91 Å². The van der Waals surface area contributed by atoms with E-state index in [1.165, 1.54) is 16.8 Å². The van der Waals surface area contributed by atoms with E-state index in [-0.39, 0.29) is 35.2 Å². The summed E-state index contributed by atoms with van der Waals surface area (Å²) in [5, 5.41) is 21.7. The van der Waals surface area contributed by atoms with E-state index in [0.29, 0.717) is 30.7 Å². The molecule has 1 amide bonds. The summed E-state index contributed by atoms with van der Waals surface area (Å²) in [5.41, 5.74) is 1.20. The van der Waals surface area contributed by atoms with Crippen LogP contribution in [0.15, 0.2) is 36.4 Å². The van der Waals surface area contributed by atoms with Crippen LogP contribution in [0.2, 0.25) is 5.02 Å². The minimum Gasteiger partial charge on any atom is -0.394 e. The molecule has 8 nitrogen and oxygen atoms in total. The zero-order valence-corrected chi connectivity index (χ0v) is 21.7. The number of benzene rings is 2. The third-order valence-electron chi connectivity index (χ3n) is 7.54. The van der Waals surface area contributed by atoms with Crippen molar-refractivity contribution < 1.29 is 23.1 Å². The number of halogens is 4. The Kier molecular flexibility index (Phi) is 7.52. The number of piperazine rings is 1. The van der Waals surface area contributed by atoms with Crippen molar-refractivity contribution in [2.24, 2.45) is 0 Å². The zero-order valence-electron chi connectivity index (χ0n) is 21.0. The number of nitrogens with one attached hydrogen (secondary N) is 1. The maximum absolute atomic E-state index is 13.8. The molecular weight excluding hydrogens is 521 g/mol. The van der Waals surface area contributed by atoms with E-state index in [1.807, 2.05) is 12.1 Å². The Bertz CT molecular complexity index is 1310. The predicted molar refractivity (Wildman–Crippen MR) is 138 cm³/mol. The number of aliphatic hydroxyl groups is 1. The minimum absolute atomic E-state index is 0.00865. The number of amides is 1. The van der Waals surface area contributed by atoms with Crippen LogP contribution < -0.4 is 10.2 Å². The second kappa shape index (κ2) is 10.7. The van der Waals surface area contributed by atoms with Gasteiger partial charge in [-0.1, -0.05) is 29.3 Å². The van der Waals surface area contributed by atoms with E-state index in [9.17, 15) is 23.1 Å². The summed E-state index contributed by atoms with van der Waals surface area (Å²) in [5.74, 6) is 0.0263. The average molecular weight is 551 g/mol. The van der Waals surface area contributed by atoms with Crippen LogP contribution in [0, 0.1) is 0 Å². The number of fused-ring (bicyclic) bond motifs is 1. The molecule has 2 N–H and O–H groups in total. The van der Waals surface area contributed by atoms with Crippen molar-refractivity contribution in [1.29, 1.82) is 0 Å². The van der Waals surface area contributed by atoms with Crippen molar-refractivity contribution in [1.82, 2.24) is 25.2 Å². The highest BCUT2D eigenvalue weighted by Crippen LogP contribution is 2.38. The number of hydrogen-bond donors (Lipinski definition) is 2. The van der Waals surface area contributed by atoms with Gasteiger partial charge in [-0.05, 0) is 62.2 Å². The molecule has 0 bridgehead atoms. The van der Waals surface area contributed by atoms with E-state index in [4.69, 9.17) is 11.6 Å². The Morgan fingerprint density at radius 3 is 2.74 bits per heavy atom. The molecule has 1 aromatic heterocycles. The second-order valence-corrected chi connectivity index (χ2v) is 10.4. The average Bonchev–Trinajstić information content (AvgIpc) is 3.35. The van der Waals surface area contributed by atoms with Crippen LogP contribution in [0.4, 0.5) is 18.9 Å². The second-order valence-electron chi connectivity index (χ2n) is 9.93. The first kappa shape index (κ1) is 26.7. The van der Waals surface area contributed by atoms with Gasteiger partial charge >= 0.3 is 6.18 Å². The minimum atomic E-state index is -4.57. The molecule has 2 unspecified atom stereocenters. The lowest BCUT2D eigenvalue weighted by Gasteiger charge is -2.43. The molecule has 0 radical (unpaired) electrons. The summed E-state index contributed by atoms with van der Waals surface area (Å²) in [7, 11) is 0. The quantitative estimate of drug-likeness (QED) is 0.502. The number of carbonyl (C=O) groups excluding carboxylic acids is 1. The van der Waals surface area contributed by atoms with E-state index >= 15 is 0 Å². The van der Waals surface area contributed by atoms with Gasteiger partial charge in [-0.3, -0.25) is 4.79 Å². The number of alkyl halides is 3. The Morgan fingerprint density at radius 1 is 1.21 bits per heavy atom. The number of aromatic nitrogens is 3. The van der Waals surface area contributed by atoms with E-state index in [2.05, 4.69) is 20.5 Å². The highest BCUT2D eigenvalue weighted by atomic mass is 35.5. The van der Waals surface area contributed by atoms with Gasteiger partial charge in [0.1, 0.15) is 5.52 Å². The summed E-state index contributed by atoms with van der Waals surface area (Å²) >= 11 is 5.87. The summed E-state index contributed by atoms with van der Waals surface area (Å²) in [4.78, 5) is 16.9. The van der Waals surface area contributed by atoms with Crippen LogP contribution in [0.25, 0.3) is 11.0 Å². The predicted octanol–water partition coefficient (Wildman–Crippen LogP) is 3.86. The van der Waals surface area contributed by atoms with Crippen molar-refractivity contribution in [2.45, 2.75) is 50.5 Å². The van der Waals surface area contributed by atoms with Crippen molar-refractivity contribution in [3.63, 3.8) is 0 Å². The van der Waals surface area contributed by atoms with Crippen LogP contribution in [-0.2, 0) is 11.0 Å². The van der Waals surface area contributed by atoms with Crippen molar-refractivity contribution in [2.75, 3.05) is 37.7 Å². The standard InChI is InChI=1S/C26H30ClF3N6O2/c1-16(20-7-5-17(27)12-21(20)26(28,29)30)36-24-13-18(6-8-22(24)32-33-36)34-10-11-35(19(14-34)15-37)25(38)23-4-2-3-9-31-23/h5-8,12-13,16,19,23,31,37H,2-4,9-11,14-15H2,1H3/t16?,19-,23?/m0/s1. The molecule has 38 heavy (non-hydrogen) atoms. The van der Waals surface area contributed by atoms with Gasteiger partial charge in [0, 0.05) is 30.3 Å². The zero-order chi connectivity index (χ0) is 27.0. The molecule has 2 aliphatic heterocycles. The molecule has 3 aromatic rings. The van der Waals surface area contributed by atoms with E-state index in [1.54, 1.807) is 17.9 Å². The fourth-order valence-electron chi connectivity index (χ4n) is 5.48. The van der Waals surface area contributed by atoms with Crippen LogP contribution in [0.1, 0.15) is 43.4 Å². The molecule has 0 saturated carbocycles. The molecule has 204 valence electrons. The fourth-order valence-corrected chi connectivity index (χ4v) is 5.65. The number of piperidine rings is 1. The number of nitrogens with zero attached hydrogens (tertiary/aromatic N) is 5. The first-order valence-electron chi connectivity index (χ1n) is 12.8. The maximum Gasteiger partial charge on any atom is 0.416 e. The van der Waals surface area contributed by atoms with Crippen molar-refractivity contribution in [3.8, 4) is 0 Å². The summed E-state index contributed by atoms with van der Waals surface area (Å²) < 4.78 is 42.8. The topological polar surface area (TPSA) is 86.5 Å². The lowest BCUT2D eigenvalue weighted by molar-refractivity contribution is -0.139. The van der Waals surface area contributed by atoms with Gasteiger partial charge in [-0.2, -0.15) is 13.2 Å². The Hall–Kier alpha value is -2.89. The molecule has 3 atom stereocenters. The van der Waals surface area contributed by atoms with Crippen LogP contribution in [0.5, 0.6) is 0 Å². The van der Waals surface area contributed by atoms with Crippen LogP contribution in [-0.4, -0.2) is 75.8 Å². The number of rotatable bonds is 5. The first-order valence-corrected chi connectivity index (χ1v) is 13.2. The Morgan fingerprint density at radius 2 is 2.03 bits per heavy atom. The summed E-state index contributed by atoms with van der Waals surface area (Å²) in [6, 6.07) is 7.92. The first-order chi connectivity index (χ1) is 18.2. The van der Waals surface area contributed by atoms with Crippen molar-refractivity contribution >= 4 is 34.2 Å². The van der Waals surface area contributed by atoms with Gasteiger partial charge in [0.15, 0.2) is 0 Å². The largest absolute Gasteiger partial charge is 0.416 e. The lowest BCUT2D eigenvalue weighted by Crippen LogP contribution is -2.60. The molecular formula is C26H30ClF3N6O2. The third-order valence-corrected chi connectivity index (χ3v) is 7.78. The van der Waals surface area contributed by atoms with Crippen molar-refractivity contribution in [3.05, 3.63) is 52.5 Å². The van der Waals surface area contributed by atoms with Crippen LogP contribution in [0.3, 0.4) is 0 Å². The van der Waals surface area contributed by atoms with Gasteiger partial charge < -0.3 is 20.2 Å². The molecule has 2 aliphatic rings. The SMILES string of the molecule is CC(c1ccc(Cl)cc1C(F)(F)F)n1nnc2ccc(N3CCN(C(=O)C4CCCCN4)[C@H](CO)C3)cc21. The number of aliphatic hydroxyl groups excluding tert-OH is 1. The molecule has 2 saturated heterocycles. The molecule has 2 aromatic carbocycles. The van der Waals surface area contributed by atoms with E-state index < -0.39 is 17.8 Å². The lowest BCUT2D eigenvalue weighted by atomic mass is 10.0. The van der Waals surface area contributed by atoms with E-state index in [0.717, 1.165) is 37.6 Å².